The summed E-state index contributed by atoms with van der Waals surface area (Å²) in [7, 11) is 1.66. The highest BCUT2D eigenvalue weighted by atomic mass is 16.5. The van der Waals surface area contributed by atoms with Crippen molar-refractivity contribution in [1.29, 1.82) is 0 Å². The highest BCUT2D eigenvalue weighted by Gasteiger charge is 2.11. The number of benzene rings is 2. The van der Waals surface area contributed by atoms with E-state index < -0.39 is 0 Å². The average Bonchev–Trinajstić information content (AvgIpc) is 2.60. The number of nitrogens with one attached hydrogen (secondary N) is 1. The molecule has 0 spiro atoms. The maximum atomic E-state index is 12.3. The number of para-hydroxylation sites is 1. The predicted molar refractivity (Wildman–Crippen MR) is 92.6 cm³/mol. The summed E-state index contributed by atoms with van der Waals surface area (Å²) in [4.78, 5) is 14.1. The molecule has 2 aromatic carbocycles. The molecule has 122 valence electrons. The van der Waals surface area contributed by atoms with Crippen molar-refractivity contribution in [3.05, 3.63) is 65.7 Å². The third-order valence-corrected chi connectivity index (χ3v) is 3.75. The van der Waals surface area contributed by atoms with Gasteiger partial charge < -0.3 is 15.0 Å². The van der Waals surface area contributed by atoms with Crippen LogP contribution >= 0.6 is 0 Å². The number of carbonyl (C=O) groups is 1. The molecule has 0 radical (unpaired) electrons. The van der Waals surface area contributed by atoms with Gasteiger partial charge in [0.05, 0.1) is 7.11 Å². The fourth-order valence-corrected chi connectivity index (χ4v) is 2.46. The summed E-state index contributed by atoms with van der Waals surface area (Å²) in [5.41, 5.74) is 2.23. The van der Waals surface area contributed by atoms with E-state index in [0.29, 0.717) is 19.6 Å². The Hall–Kier alpha value is -2.49. The monoisotopic (exact) mass is 312 g/mol. The Morgan fingerprint density at radius 3 is 2.48 bits per heavy atom. The van der Waals surface area contributed by atoms with E-state index in [9.17, 15) is 4.79 Å². The molecule has 23 heavy (non-hydrogen) atoms. The maximum Gasteiger partial charge on any atom is 0.317 e. The van der Waals surface area contributed by atoms with Gasteiger partial charge in [0.2, 0.25) is 0 Å². The molecule has 2 amide bonds. The number of ether oxygens (including phenoxy) is 1. The Balaban J connectivity index is 1.85. The second kappa shape index (κ2) is 8.83. The standard InChI is InChI=1S/C19H24N2O2/c1-3-21(15-16-9-5-4-6-10-16)19(22)20-14-13-17-11-7-8-12-18(17)23-2/h4-12H,3,13-15H2,1-2H3,(H,20,22). The van der Waals surface area contributed by atoms with Gasteiger partial charge in [0.25, 0.3) is 0 Å². The van der Waals surface area contributed by atoms with Crippen molar-refractivity contribution in [2.24, 2.45) is 0 Å². The van der Waals surface area contributed by atoms with Crippen LogP contribution in [0.5, 0.6) is 5.75 Å². The van der Waals surface area contributed by atoms with Crippen molar-refractivity contribution in [3.63, 3.8) is 0 Å². The van der Waals surface area contributed by atoms with Crippen LogP contribution in [0.15, 0.2) is 54.6 Å². The zero-order valence-corrected chi connectivity index (χ0v) is 13.8. The SMILES string of the molecule is CCN(Cc1ccccc1)C(=O)NCCc1ccccc1OC. The first kappa shape index (κ1) is 16.9. The number of hydrogen-bond acceptors (Lipinski definition) is 2. The number of hydrogen-bond donors (Lipinski definition) is 1. The number of carbonyl (C=O) groups excluding carboxylic acids is 1. The number of urea groups is 1. The molecular weight excluding hydrogens is 288 g/mol. The Morgan fingerprint density at radius 2 is 1.78 bits per heavy atom. The molecule has 2 rings (SSSR count). The molecule has 0 bridgehead atoms. The maximum absolute atomic E-state index is 12.3. The van der Waals surface area contributed by atoms with Gasteiger partial charge in [0, 0.05) is 19.6 Å². The molecular formula is C19H24N2O2. The Kier molecular flexibility index (Phi) is 6.48. The van der Waals surface area contributed by atoms with E-state index in [2.05, 4.69) is 5.32 Å². The molecule has 1 N–H and O–H groups in total. The number of methoxy groups -OCH3 is 1. The molecule has 4 heteroatoms. The van der Waals surface area contributed by atoms with Crippen molar-refractivity contribution in [2.75, 3.05) is 20.2 Å². The summed E-state index contributed by atoms with van der Waals surface area (Å²) in [5.74, 6) is 0.860. The van der Waals surface area contributed by atoms with Crippen LogP contribution in [0, 0.1) is 0 Å². The highest BCUT2D eigenvalue weighted by molar-refractivity contribution is 5.74. The van der Waals surface area contributed by atoms with Crippen LogP contribution in [0.4, 0.5) is 4.79 Å². The van der Waals surface area contributed by atoms with Gasteiger partial charge >= 0.3 is 6.03 Å². The molecule has 0 aliphatic heterocycles. The van der Waals surface area contributed by atoms with Gasteiger partial charge in [0.1, 0.15) is 5.75 Å². The average molecular weight is 312 g/mol. The smallest absolute Gasteiger partial charge is 0.317 e. The number of nitrogens with zero attached hydrogens (tertiary/aromatic N) is 1. The fraction of sp³-hybridized carbons (Fsp3) is 0.316. The van der Waals surface area contributed by atoms with E-state index in [0.717, 1.165) is 23.3 Å². The van der Waals surface area contributed by atoms with Crippen molar-refractivity contribution < 1.29 is 9.53 Å². The molecule has 0 heterocycles. The third kappa shape index (κ3) is 5.02. The van der Waals surface area contributed by atoms with Gasteiger partial charge in [-0.2, -0.15) is 0 Å². The largest absolute Gasteiger partial charge is 0.496 e. The van der Waals surface area contributed by atoms with Gasteiger partial charge in [0.15, 0.2) is 0 Å². The van der Waals surface area contributed by atoms with E-state index in [-0.39, 0.29) is 6.03 Å². The quantitative estimate of drug-likeness (QED) is 0.850. The van der Waals surface area contributed by atoms with E-state index in [1.165, 1.54) is 0 Å². The molecule has 2 aromatic rings. The van der Waals surface area contributed by atoms with Crippen LogP contribution < -0.4 is 10.1 Å². The number of amides is 2. The third-order valence-electron chi connectivity index (χ3n) is 3.75. The van der Waals surface area contributed by atoms with E-state index in [1.807, 2.05) is 61.5 Å². The minimum absolute atomic E-state index is 0.0359. The van der Waals surface area contributed by atoms with Crippen molar-refractivity contribution in [3.8, 4) is 5.75 Å². The molecule has 0 unspecified atom stereocenters. The van der Waals surface area contributed by atoms with Gasteiger partial charge in [-0.1, -0.05) is 48.5 Å². The molecule has 4 nitrogen and oxygen atoms in total. The first-order valence-corrected chi connectivity index (χ1v) is 7.93. The minimum Gasteiger partial charge on any atom is -0.496 e. The minimum atomic E-state index is -0.0359. The second-order valence-corrected chi connectivity index (χ2v) is 5.29. The topological polar surface area (TPSA) is 41.6 Å². The first-order valence-electron chi connectivity index (χ1n) is 7.93. The number of rotatable bonds is 7. The summed E-state index contributed by atoms with van der Waals surface area (Å²) < 4.78 is 5.33. The Labute approximate surface area is 138 Å². The normalized spacial score (nSPS) is 10.2. The van der Waals surface area contributed by atoms with Gasteiger partial charge in [-0.05, 0) is 30.5 Å². The summed E-state index contributed by atoms with van der Waals surface area (Å²) in [6.07, 6.45) is 0.749. The molecule has 0 saturated carbocycles. The van der Waals surface area contributed by atoms with E-state index in [4.69, 9.17) is 4.74 Å². The van der Waals surface area contributed by atoms with Crippen molar-refractivity contribution in [2.45, 2.75) is 19.9 Å². The zero-order chi connectivity index (χ0) is 16.5. The van der Waals surface area contributed by atoms with Gasteiger partial charge in [-0.15, -0.1) is 0 Å². The predicted octanol–water partition coefficient (Wildman–Crippen LogP) is 3.47. The highest BCUT2D eigenvalue weighted by Crippen LogP contribution is 2.17. The van der Waals surface area contributed by atoms with Crippen LogP contribution in [0.1, 0.15) is 18.1 Å². The van der Waals surface area contributed by atoms with Crippen LogP contribution in [0.3, 0.4) is 0 Å². The van der Waals surface area contributed by atoms with E-state index >= 15 is 0 Å². The molecule has 0 aliphatic carbocycles. The molecule has 0 aliphatic rings. The molecule has 0 saturated heterocycles. The second-order valence-electron chi connectivity index (χ2n) is 5.29. The van der Waals surface area contributed by atoms with Crippen LogP contribution in [-0.2, 0) is 13.0 Å². The lowest BCUT2D eigenvalue weighted by molar-refractivity contribution is 0.198. The Morgan fingerprint density at radius 1 is 1.09 bits per heavy atom. The van der Waals surface area contributed by atoms with E-state index in [1.54, 1.807) is 12.0 Å². The van der Waals surface area contributed by atoms with Crippen LogP contribution in [-0.4, -0.2) is 31.1 Å². The zero-order valence-electron chi connectivity index (χ0n) is 13.8. The lowest BCUT2D eigenvalue weighted by Gasteiger charge is -2.21. The first-order chi connectivity index (χ1) is 11.2. The summed E-state index contributed by atoms with van der Waals surface area (Å²) in [5, 5.41) is 2.99. The summed E-state index contributed by atoms with van der Waals surface area (Å²) in [6.45, 7) is 3.88. The fourth-order valence-electron chi connectivity index (χ4n) is 2.46. The lowest BCUT2D eigenvalue weighted by atomic mass is 10.1. The van der Waals surface area contributed by atoms with Crippen molar-refractivity contribution >= 4 is 6.03 Å². The molecule has 0 aromatic heterocycles. The van der Waals surface area contributed by atoms with Gasteiger partial charge in [-0.3, -0.25) is 0 Å². The van der Waals surface area contributed by atoms with Crippen LogP contribution in [0.25, 0.3) is 0 Å². The molecule has 0 atom stereocenters. The van der Waals surface area contributed by atoms with Crippen molar-refractivity contribution in [1.82, 2.24) is 10.2 Å². The lowest BCUT2D eigenvalue weighted by Crippen LogP contribution is -2.40. The Bertz CT molecular complexity index is 614. The van der Waals surface area contributed by atoms with Gasteiger partial charge in [-0.25, -0.2) is 4.79 Å². The summed E-state index contributed by atoms with van der Waals surface area (Å²) >= 11 is 0. The molecule has 0 fully saturated rings. The summed E-state index contributed by atoms with van der Waals surface area (Å²) in [6, 6.07) is 17.9. The van der Waals surface area contributed by atoms with Crippen LogP contribution in [0.2, 0.25) is 0 Å².